The Hall–Kier alpha value is -1.45. The van der Waals surface area contributed by atoms with Gasteiger partial charge in [0.1, 0.15) is 0 Å². The summed E-state index contributed by atoms with van der Waals surface area (Å²) in [5, 5.41) is 5.85. The molecule has 3 N–H and O–H groups in total. The molecule has 0 aliphatic heterocycles. The number of rotatable bonds is 5. The maximum Gasteiger partial charge on any atom is 0.0346 e. The van der Waals surface area contributed by atoms with Crippen molar-refractivity contribution in [1.82, 2.24) is 10.3 Å². The molecule has 3 nitrogen and oxygen atoms in total. The highest BCUT2D eigenvalue weighted by Gasteiger charge is 1.99. The number of nitrogens with one attached hydrogen (secondary N) is 1. The molecule has 0 aliphatic carbocycles. The van der Waals surface area contributed by atoms with Gasteiger partial charge in [-0.15, -0.1) is 0 Å². The van der Waals surface area contributed by atoms with Crippen LogP contribution in [0.15, 0.2) is 36.7 Å². The first-order valence-electron chi connectivity index (χ1n) is 6.03. The van der Waals surface area contributed by atoms with E-state index in [1.807, 2.05) is 18.5 Å². The van der Waals surface area contributed by atoms with Crippen LogP contribution in [-0.2, 0) is 6.54 Å². The Morgan fingerprint density at radius 3 is 3.00 bits per heavy atom. The molecule has 0 radical (unpaired) electrons. The zero-order valence-corrected chi connectivity index (χ0v) is 10.2. The van der Waals surface area contributed by atoms with Crippen LogP contribution in [0.1, 0.15) is 12.5 Å². The Labute approximate surface area is 102 Å². The number of fused-ring (bicyclic) bond motifs is 1. The van der Waals surface area contributed by atoms with Gasteiger partial charge in [0.05, 0.1) is 0 Å². The van der Waals surface area contributed by atoms with Crippen LogP contribution >= 0.6 is 0 Å². The predicted molar refractivity (Wildman–Crippen MR) is 71.7 cm³/mol. The SMILES string of the molecule is C[C@@H](CN)CNCc1ccc2cnccc2c1. The van der Waals surface area contributed by atoms with E-state index in [1.54, 1.807) is 0 Å². The number of nitrogens with two attached hydrogens (primary N) is 1. The molecular weight excluding hydrogens is 210 g/mol. The second-order valence-electron chi connectivity index (χ2n) is 4.53. The normalized spacial score (nSPS) is 12.8. The van der Waals surface area contributed by atoms with Crippen molar-refractivity contribution in [1.29, 1.82) is 0 Å². The van der Waals surface area contributed by atoms with Crippen molar-refractivity contribution in [2.24, 2.45) is 11.7 Å². The van der Waals surface area contributed by atoms with E-state index in [2.05, 4.69) is 35.4 Å². The monoisotopic (exact) mass is 229 g/mol. The number of hydrogen-bond acceptors (Lipinski definition) is 3. The summed E-state index contributed by atoms with van der Waals surface area (Å²) < 4.78 is 0. The topological polar surface area (TPSA) is 50.9 Å². The van der Waals surface area contributed by atoms with Gasteiger partial charge in [0.2, 0.25) is 0 Å². The molecule has 0 unspecified atom stereocenters. The molecule has 2 rings (SSSR count). The predicted octanol–water partition coefficient (Wildman–Crippen LogP) is 1.92. The van der Waals surface area contributed by atoms with E-state index < -0.39 is 0 Å². The second-order valence-corrected chi connectivity index (χ2v) is 4.53. The molecule has 90 valence electrons. The zero-order valence-electron chi connectivity index (χ0n) is 10.2. The Balaban J connectivity index is 1.99. The van der Waals surface area contributed by atoms with Crippen LogP contribution in [0, 0.1) is 5.92 Å². The van der Waals surface area contributed by atoms with Crippen LogP contribution in [0.25, 0.3) is 10.8 Å². The lowest BCUT2D eigenvalue weighted by atomic mass is 10.1. The third kappa shape index (κ3) is 3.25. The lowest BCUT2D eigenvalue weighted by Gasteiger charge is -2.10. The molecule has 3 heteroatoms. The lowest BCUT2D eigenvalue weighted by molar-refractivity contribution is 0.522. The largest absolute Gasteiger partial charge is 0.330 e. The molecule has 1 aromatic heterocycles. The van der Waals surface area contributed by atoms with Gasteiger partial charge in [-0.05, 0) is 42.1 Å². The van der Waals surface area contributed by atoms with Crippen LogP contribution in [0.2, 0.25) is 0 Å². The van der Waals surface area contributed by atoms with E-state index >= 15 is 0 Å². The van der Waals surface area contributed by atoms with Gasteiger partial charge in [0.15, 0.2) is 0 Å². The average molecular weight is 229 g/mol. The minimum Gasteiger partial charge on any atom is -0.330 e. The Morgan fingerprint density at radius 2 is 2.18 bits per heavy atom. The highest BCUT2D eigenvalue weighted by atomic mass is 14.9. The first-order chi connectivity index (χ1) is 8.29. The average Bonchev–Trinajstić information content (AvgIpc) is 2.38. The van der Waals surface area contributed by atoms with Crippen molar-refractivity contribution in [3.8, 4) is 0 Å². The molecule has 0 amide bonds. The van der Waals surface area contributed by atoms with Gasteiger partial charge >= 0.3 is 0 Å². The van der Waals surface area contributed by atoms with Crippen LogP contribution in [0.3, 0.4) is 0 Å². The van der Waals surface area contributed by atoms with E-state index in [-0.39, 0.29) is 0 Å². The maximum absolute atomic E-state index is 5.58. The van der Waals surface area contributed by atoms with Gasteiger partial charge < -0.3 is 11.1 Å². The molecular formula is C14H19N3. The summed E-state index contributed by atoms with van der Waals surface area (Å²) in [6.07, 6.45) is 3.72. The quantitative estimate of drug-likeness (QED) is 0.823. The van der Waals surface area contributed by atoms with Crippen molar-refractivity contribution < 1.29 is 0 Å². The minimum absolute atomic E-state index is 0.527. The fourth-order valence-electron chi connectivity index (χ4n) is 1.79. The molecule has 17 heavy (non-hydrogen) atoms. The summed E-state index contributed by atoms with van der Waals surface area (Å²) >= 11 is 0. The standard InChI is InChI=1S/C14H19N3/c1-11(7-15)8-17-9-12-2-3-14-10-16-5-4-13(14)6-12/h2-6,10-11,17H,7-9,15H2,1H3/t11-/m0/s1. The minimum atomic E-state index is 0.527. The smallest absolute Gasteiger partial charge is 0.0346 e. The molecule has 1 atom stereocenters. The zero-order chi connectivity index (χ0) is 12.1. The van der Waals surface area contributed by atoms with Crippen molar-refractivity contribution in [3.05, 3.63) is 42.2 Å². The molecule has 1 heterocycles. The molecule has 0 spiro atoms. The van der Waals surface area contributed by atoms with Crippen LogP contribution < -0.4 is 11.1 Å². The Kier molecular flexibility index (Phi) is 4.07. The van der Waals surface area contributed by atoms with Gasteiger partial charge in [0, 0.05) is 24.3 Å². The van der Waals surface area contributed by atoms with E-state index in [0.717, 1.165) is 19.6 Å². The van der Waals surface area contributed by atoms with E-state index in [9.17, 15) is 0 Å². The summed E-state index contributed by atoms with van der Waals surface area (Å²) in [6, 6.07) is 8.51. The lowest BCUT2D eigenvalue weighted by Crippen LogP contribution is -2.25. The third-order valence-electron chi connectivity index (χ3n) is 2.93. The summed E-state index contributed by atoms with van der Waals surface area (Å²) in [5.41, 5.74) is 6.88. The molecule has 2 aromatic rings. The highest BCUT2D eigenvalue weighted by Crippen LogP contribution is 2.14. The molecule has 0 saturated carbocycles. The molecule has 0 aliphatic rings. The van der Waals surface area contributed by atoms with E-state index in [4.69, 9.17) is 5.73 Å². The van der Waals surface area contributed by atoms with Gasteiger partial charge in [0.25, 0.3) is 0 Å². The van der Waals surface area contributed by atoms with Gasteiger partial charge in [-0.25, -0.2) is 0 Å². The summed E-state index contributed by atoms with van der Waals surface area (Å²) in [7, 11) is 0. The highest BCUT2D eigenvalue weighted by molar-refractivity contribution is 5.81. The van der Waals surface area contributed by atoms with Crippen molar-refractivity contribution >= 4 is 10.8 Å². The Morgan fingerprint density at radius 1 is 1.29 bits per heavy atom. The second kappa shape index (κ2) is 5.75. The van der Waals surface area contributed by atoms with Gasteiger partial charge in [-0.1, -0.05) is 19.1 Å². The maximum atomic E-state index is 5.58. The molecule has 1 aromatic carbocycles. The number of benzene rings is 1. The molecule has 0 bridgehead atoms. The summed E-state index contributed by atoms with van der Waals surface area (Å²) in [5.74, 6) is 0.527. The fraction of sp³-hybridized carbons (Fsp3) is 0.357. The number of hydrogen-bond donors (Lipinski definition) is 2. The van der Waals surface area contributed by atoms with Crippen molar-refractivity contribution in [3.63, 3.8) is 0 Å². The van der Waals surface area contributed by atoms with E-state index in [1.165, 1.54) is 16.3 Å². The molecule has 0 saturated heterocycles. The van der Waals surface area contributed by atoms with Gasteiger partial charge in [-0.2, -0.15) is 0 Å². The fourth-order valence-corrected chi connectivity index (χ4v) is 1.79. The number of nitrogens with zero attached hydrogens (tertiary/aromatic N) is 1. The van der Waals surface area contributed by atoms with Crippen molar-refractivity contribution in [2.45, 2.75) is 13.5 Å². The number of aromatic nitrogens is 1. The van der Waals surface area contributed by atoms with Crippen LogP contribution in [-0.4, -0.2) is 18.1 Å². The van der Waals surface area contributed by atoms with Crippen LogP contribution in [0.5, 0.6) is 0 Å². The first-order valence-corrected chi connectivity index (χ1v) is 6.03. The molecule has 0 fully saturated rings. The van der Waals surface area contributed by atoms with Crippen LogP contribution in [0.4, 0.5) is 0 Å². The summed E-state index contributed by atoms with van der Waals surface area (Å²) in [4.78, 5) is 4.11. The Bertz CT molecular complexity index is 482. The number of pyridine rings is 1. The van der Waals surface area contributed by atoms with Gasteiger partial charge in [-0.3, -0.25) is 4.98 Å². The first kappa shape index (κ1) is 12.0. The third-order valence-corrected chi connectivity index (χ3v) is 2.93. The summed E-state index contributed by atoms with van der Waals surface area (Å²) in [6.45, 7) is 4.74. The van der Waals surface area contributed by atoms with E-state index in [0.29, 0.717) is 5.92 Å². The van der Waals surface area contributed by atoms with Crippen molar-refractivity contribution in [2.75, 3.05) is 13.1 Å².